The van der Waals surface area contributed by atoms with E-state index in [1.54, 1.807) is 6.07 Å². The van der Waals surface area contributed by atoms with Crippen LogP contribution in [0.3, 0.4) is 0 Å². The molecule has 0 saturated carbocycles. The third kappa shape index (κ3) is 3.13. The number of benzene rings is 1. The maximum absolute atomic E-state index is 13.4. The van der Waals surface area contributed by atoms with E-state index in [2.05, 4.69) is 22.2 Å². The van der Waals surface area contributed by atoms with Gasteiger partial charge in [-0.3, -0.25) is 0 Å². The maximum Gasteiger partial charge on any atom is 0.133 e. The van der Waals surface area contributed by atoms with Gasteiger partial charge in [0.05, 0.1) is 5.69 Å². The number of nitrogens with one attached hydrogen (secondary N) is 1. The summed E-state index contributed by atoms with van der Waals surface area (Å²) < 4.78 is 13.4. The first-order valence-corrected chi connectivity index (χ1v) is 7.03. The van der Waals surface area contributed by atoms with Crippen molar-refractivity contribution in [2.75, 3.05) is 11.9 Å². The van der Waals surface area contributed by atoms with Crippen LogP contribution in [0.2, 0.25) is 0 Å². The van der Waals surface area contributed by atoms with E-state index >= 15 is 0 Å². The van der Waals surface area contributed by atoms with Gasteiger partial charge in [0.2, 0.25) is 0 Å². The van der Waals surface area contributed by atoms with E-state index in [0.717, 1.165) is 47.8 Å². The van der Waals surface area contributed by atoms with Crippen molar-refractivity contribution < 1.29 is 4.39 Å². The Morgan fingerprint density at radius 1 is 1.20 bits per heavy atom. The molecule has 106 valence electrons. The first kappa shape index (κ1) is 14.4. The van der Waals surface area contributed by atoms with Crippen LogP contribution in [0.25, 0.3) is 11.3 Å². The minimum atomic E-state index is -0.248. The van der Waals surface area contributed by atoms with Gasteiger partial charge < -0.3 is 5.32 Å². The molecule has 1 aromatic heterocycles. The van der Waals surface area contributed by atoms with Crippen LogP contribution in [0.4, 0.5) is 10.2 Å². The average molecular weight is 273 g/mol. The number of halogens is 1. The quantitative estimate of drug-likeness (QED) is 0.895. The molecule has 1 heterocycles. The minimum absolute atomic E-state index is 0.248. The van der Waals surface area contributed by atoms with Gasteiger partial charge in [0.15, 0.2) is 0 Å². The normalized spacial score (nSPS) is 10.6. The lowest BCUT2D eigenvalue weighted by molar-refractivity contribution is 0.628. The predicted molar refractivity (Wildman–Crippen MR) is 80.3 cm³/mol. The van der Waals surface area contributed by atoms with Crippen LogP contribution in [0.5, 0.6) is 0 Å². The van der Waals surface area contributed by atoms with Crippen molar-refractivity contribution in [3.05, 3.63) is 41.5 Å². The van der Waals surface area contributed by atoms with Crippen molar-refractivity contribution in [2.24, 2.45) is 0 Å². The van der Waals surface area contributed by atoms with Crippen LogP contribution in [0, 0.1) is 12.7 Å². The first-order valence-electron chi connectivity index (χ1n) is 7.03. The molecule has 0 amide bonds. The molecule has 1 N–H and O–H groups in total. The average Bonchev–Trinajstić information content (AvgIpc) is 2.46. The Labute approximate surface area is 119 Å². The Morgan fingerprint density at radius 2 is 2.00 bits per heavy atom. The Kier molecular flexibility index (Phi) is 4.66. The van der Waals surface area contributed by atoms with Gasteiger partial charge in [-0.05, 0) is 25.5 Å². The molecule has 0 unspecified atom stereocenters. The molecule has 3 nitrogen and oxygen atoms in total. The molecule has 0 spiro atoms. The van der Waals surface area contributed by atoms with Crippen LogP contribution >= 0.6 is 0 Å². The summed E-state index contributed by atoms with van der Waals surface area (Å²) in [7, 11) is 0. The van der Waals surface area contributed by atoms with Crippen LogP contribution < -0.4 is 5.32 Å². The zero-order valence-corrected chi connectivity index (χ0v) is 12.2. The van der Waals surface area contributed by atoms with Gasteiger partial charge >= 0.3 is 0 Å². The lowest BCUT2D eigenvalue weighted by Crippen LogP contribution is -2.08. The molecular weight excluding hydrogens is 253 g/mol. The molecule has 0 bridgehead atoms. The monoisotopic (exact) mass is 273 g/mol. The highest BCUT2D eigenvalue weighted by Gasteiger charge is 2.12. The van der Waals surface area contributed by atoms with Crippen molar-refractivity contribution in [1.82, 2.24) is 9.97 Å². The number of aryl methyl sites for hydroxylation is 1. The van der Waals surface area contributed by atoms with Gasteiger partial charge in [0, 0.05) is 24.1 Å². The SMILES string of the molecule is CCCNc1nc(CC)nc(-c2cccc(F)c2)c1C. The van der Waals surface area contributed by atoms with E-state index in [4.69, 9.17) is 0 Å². The highest BCUT2D eigenvalue weighted by atomic mass is 19.1. The van der Waals surface area contributed by atoms with Crippen molar-refractivity contribution in [3.8, 4) is 11.3 Å². The fraction of sp³-hybridized carbons (Fsp3) is 0.375. The van der Waals surface area contributed by atoms with Crippen LogP contribution in [-0.4, -0.2) is 16.5 Å². The van der Waals surface area contributed by atoms with E-state index < -0.39 is 0 Å². The van der Waals surface area contributed by atoms with Crippen LogP contribution in [0.15, 0.2) is 24.3 Å². The fourth-order valence-corrected chi connectivity index (χ4v) is 2.05. The smallest absolute Gasteiger partial charge is 0.133 e. The van der Waals surface area contributed by atoms with E-state index in [1.165, 1.54) is 12.1 Å². The second-order valence-corrected chi connectivity index (χ2v) is 4.75. The zero-order valence-electron chi connectivity index (χ0n) is 12.2. The van der Waals surface area contributed by atoms with E-state index in [-0.39, 0.29) is 5.82 Å². The Morgan fingerprint density at radius 3 is 2.65 bits per heavy atom. The largest absolute Gasteiger partial charge is 0.370 e. The lowest BCUT2D eigenvalue weighted by Gasteiger charge is -2.13. The summed E-state index contributed by atoms with van der Waals surface area (Å²) >= 11 is 0. The van der Waals surface area contributed by atoms with Gasteiger partial charge in [-0.25, -0.2) is 14.4 Å². The molecule has 0 atom stereocenters. The van der Waals surface area contributed by atoms with Gasteiger partial charge in [-0.2, -0.15) is 0 Å². The first-order chi connectivity index (χ1) is 9.65. The summed E-state index contributed by atoms with van der Waals surface area (Å²) in [5, 5.41) is 3.32. The number of rotatable bonds is 5. The summed E-state index contributed by atoms with van der Waals surface area (Å²) in [4.78, 5) is 9.07. The van der Waals surface area contributed by atoms with Crippen molar-refractivity contribution in [3.63, 3.8) is 0 Å². The van der Waals surface area contributed by atoms with Gasteiger partial charge in [-0.1, -0.05) is 26.0 Å². The predicted octanol–water partition coefficient (Wildman–Crippen LogP) is 3.98. The molecule has 0 aliphatic rings. The standard InChI is InChI=1S/C16H20FN3/c1-4-9-18-16-11(3)15(19-14(5-2)20-16)12-7-6-8-13(17)10-12/h6-8,10H,4-5,9H2,1-3H3,(H,18,19,20). The summed E-state index contributed by atoms with van der Waals surface area (Å²) in [6.45, 7) is 6.96. The van der Waals surface area contributed by atoms with E-state index in [1.807, 2.05) is 19.9 Å². The van der Waals surface area contributed by atoms with Crippen LogP contribution in [0.1, 0.15) is 31.7 Å². The molecule has 4 heteroatoms. The highest BCUT2D eigenvalue weighted by Crippen LogP contribution is 2.26. The summed E-state index contributed by atoms with van der Waals surface area (Å²) in [5.74, 6) is 1.37. The summed E-state index contributed by atoms with van der Waals surface area (Å²) in [5.41, 5.74) is 2.55. The number of nitrogens with zero attached hydrogens (tertiary/aromatic N) is 2. The topological polar surface area (TPSA) is 37.8 Å². The Hall–Kier alpha value is -1.97. The highest BCUT2D eigenvalue weighted by molar-refractivity contribution is 5.68. The van der Waals surface area contributed by atoms with Crippen molar-refractivity contribution in [2.45, 2.75) is 33.6 Å². The van der Waals surface area contributed by atoms with Gasteiger partial charge in [0.1, 0.15) is 17.5 Å². The molecule has 2 aromatic rings. The molecule has 1 aromatic carbocycles. The molecule has 20 heavy (non-hydrogen) atoms. The molecular formula is C16H20FN3. The maximum atomic E-state index is 13.4. The van der Waals surface area contributed by atoms with Crippen LogP contribution in [-0.2, 0) is 6.42 Å². The van der Waals surface area contributed by atoms with Gasteiger partial charge in [0.25, 0.3) is 0 Å². The fourth-order valence-electron chi connectivity index (χ4n) is 2.05. The van der Waals surface area contributed by atoms with E-state index in [9.17, 15) is 4.39 Å². The summed E-state index contributed by atoms with van der Waals surface area (Å²) in [6, 6.07) is 6.54. The number of hydrogen-bond donors (Lipinski definition) is 1. The third-order valence-corrected chi connectivity index (χ3v) is 3.15. The molecule has 0 aliphatic heterocycles. The van der Waals surface area contributed by atoms with E-state index in [0.29, 0.717) is 0 Å². The number of hydrogen-bond acceptors (Lipinski definition) is 3. The molecule has 0 aliphatic carbocycles. The lowest BCUT2D eigenvalue weighted by atomic mass is 10.1. The summed E-state index contributed by atoms with van der Waals surface area (Å²) in [6.07, 6.45) is 1.78. The Balaban J connectivity index is 2.51. The molecule has 0 saturated heterocycles. The molecule has 0 radical (unpaired) electrons. The second-order valence-electron chi connectivity index (χ2n) is 4.75. The van der Waals surface area contributed by atoms with Crippen molar-refractivity contribution in [1.29, 1.82) is 0 Å². The Bertz CT molecular complexity index is 596. The zero-order chi connectivity index (χ0) is 14.5. The molecule has 2 rings (SSSR count). The van der Waals surface area contributed by atoms with Gasteiger partial charge in [-0.15, -0.1) is 0 Å². The minimum Gasteiger partial charge on any atom is -0.370 e. The second kappa shape index (κ2) is 6.46. The van der Waals surface area contributed by atoms with Crippen molar-refractivity contribution >= 4 is 5.82 Å². The third-order valence-electron chi connectivity index (χ3n) is 3.15. The number of anilines is 1. The molecule has 0 fully saturated rings. The number of aromatic nitrogens is 2.